The molecule has 2 fully saturated rings. The molecule has 4 nitrogen and oxygen atoms in total. The van der Waals surface area contributed by atoms with Crippen LogP contribution in [-0.4, -0.2) is 61.6 Å². The first kappa shape index (κ1) is 10.9. The number of hydrogen-bond donors (Lipinski definition) is 0. The lowest BCUT2D eigenvalue weighted by Crippen LogP contribution is -2.41. The average Bonchev–Trinajstić information content (AvgIpc) is 2.41. The second-order valence-corrected chi connectivity index (χ2v) is 4.61. The van der Waals surface area contributed by atoms with Crippen LogP contribution in [0, 0.1) is 0 Å². The third-order valence-electron chi connectivity index (χ3n) is 3.77. The highest BCUT2D eigenvalue weighted by Crippen LogP contribution is 2.28. The van der Waals surface area contributed by atoms with Crippen LogP contribution in [0.5, 0.6) is 0 Å². The van der Waals surface area contributed by atoms with Gasteiger partial charge >= 0.3 is 0 Å². The van der Waals surface area contributed by atoms with Gasteiger partial charge in [0.05, 0.1) is 0 Å². The third kappa shape index (κ3) is 2.16. The minimum Gasteiger partial charge on any atom is -0.375 e. The molecular weight excluding hydrogens is 192 g/mol. The molecule has 2 rings (SSSR count). The van der Waals surface area contributed by atoms with Gasteiger partial charge in [-0.2, -0.15) is 0 Å². The quantitative estimate of drug-likeness (QED) is 0.661. The summed E-state index contributed by atoms with van der Waals surface area (Å²) in [6.07, 6.45) is 3.65. The predicted octanol–water partition coefficient (Wildman–Crippen LogP) is 0.328. The molecule has 0 N–H and O–H groups in total. The van der Waals surface area contributed by atoms with Gasteiger partial charge in [0.2, 0.25) is 5.91 Å². The maximum atomic E-state index is 11.7. The van der Waals surface area contributed by atoms with E-state index < -0.39 is 0 Å². The van der Waals surface area contributed by atoms with Crippen LogP contribution >= 0.6 is 0 Å². The van der Waals surface area contributed by atoms with Gasteiger partial charge in [-0.25, -0.2) is 0 Å². The summed E-state index contributed by atoms with van der Waals surface area (Å²) in [6.45, 7) is 2.00. The van der Waals surface area contributed by atoms with Gasteiger partial charge in [-0.1, -0.05) is 0 Å². The van der Waals surface area contributed by atoms with Crippen LogP contribution in [0.15, 0.2) is 0 Å². The summed E-state index contributed by atoms with van der Waals surface area (Å²) >= 11 is 0. The van der Waals surface area contributed by atoms with Crippen molar-refractivity contribution in [3.8, 4) is 0 Å². The highest BCUT2D eigenvalue weighted by Gasteiger charge is 2.35. The number of amides is 1. The van der Waals surface area contributed by atoms with Crippen molar-refractivity contribution in [2.45, 2.75) is 31.3 Å². The molecule has 0 spiro atoms. The number of nitrogens with zero attached hydrogens (tertiary/aromatic N) is 2. The molecule has 2 heterocycles. The van der Waals surface area contributed by atoms with Crippen LogP contribution in [0.1, 0.15) is 19.3 Å². The van der Waals surface area contributed by atoms with E-state index >= 15 is 0 Å². The fourth-order valence-corrected chi connectivity index (χ4v) is 2.75. The zero-order valence-electron chi connectivity index (χ0n) is 9.61. The van der Waals surface area contributed by atoms with E-state index in [1.165, 1.54) is 12.8 Å². The first-order valence-corrected chi connectivity index (χ1v) is 5.71. The fraction of sp³-hybridized carbons (Fsp3) is 0.909. The molecule has 0 aromatic rings. The molecule has 1 amide bonds. The SMILES string of the molecule is COCC(=O)N1CCC2CCC(C1)N2C. The van der Waals surface area contributed by atoms with Gasteiger partial charge in [0.1, 0.15) is 6.61 Å². The highest BCUT2D eigenvalue weighted by molar-refractivity contribution is 5.77. The summed E-state index contributed by atoms with van der Waals surface area (Å²) in [5.74, 6) is 0.137. The van der Waals surface area contributed by atoms with Crippen LogP contribution in [0.4, 0.5) is 0 Å². The predicted molar refractivity (Wildman–Crippen MR) is 57.6 cm³/mol. The van der Waals surface area contributed by atoms with E-state index in [9.17, 15) is 4.79 Å². The monoisotopic (exact) mass is 212 g/mol. The van der Waals surface area contributed by atoms with Crippen molar-refractivity contribution < 1.29 is 9.53 Å². The van der Waals surface area contributed by atoms with Crippen LogP contribution in [0.3, 0.4) is 0 Å². The topological polar surface area (TPSA) is 32.8 Å². The molecule has 86 valence electrons. The molecule has 0 aliphatic carbocycles. The number of fused-ring (bicyclic) bond motifs is 2. The minimum absolute atomic E-state index is 0.137. The Kier molecular flexibility index (Phi) is 3.26. The molecule has 2 atom stereocenters. The molecule has 0 saturated carbocycles. The Morgan fingerprint density at radius 3 is 2.80 bits per heavy atom. The van der Waals surface area contributed by atoms with E-state index in [1.54, 1.807) is 7.11 Å². The average molecular weight is 212 g/mol. The lowest BCUT2D eigenvalue weighted by molar-refractivity contribution is -0.135. The number of ether oxygens (including phenoxy) is 1. The van der Waals surface area contributed by atoms with E-state index in [1.807, 2.05) is 4.90 Å². The molecule has 0 radical (unpaired) electrons. The summed E-state index contributed by atoms with van der Waals surface area (Å²) in [6, 6.07) is 1.26. The molecular formula is C11H20N2O2. The third-order valence-corrected chi connectivity index (χ3v) is 3.77. The number of carbonyl (C=O) groups is 1. The highest BCUT2D eigenvalue weighted by atomic mass is 16.5. The molecule has 0 aromatic carbocycles. The molecule has 2 bridgehead atoms. The van der Waals surface area contributed by atoms with Crippen LogP contribution < -0.4 is 0 Å². The fourth-order valence-electron chi connectivity index (χ4n) is 2.75. The molecule has 0 aromatic heterocycles. The summed E-state index contributed by atoms with van der Waals surface area (Å²) in [4.78, 5) is 16.1. The summed E-state index contributed by atoms with van der Waals surface area (Å²) in [5, 5.41) is 0. The summed E-state index contributed by atoms with van der Waals surface area (Å²) in [7, 11) is 3.76. The number of hydrogen-bond acceptors (Lipinski definition) is 3. The van der Waals surface area contributed by atoms with E-state index in [-0.39, 0.29) is 12.5 Å². The maximum absolute atomic E-state index is 11.7. The molecule has 2 aliphatic rings. The van der Waals surface area contributed by atoms with Gasteiger partial charge in [-0.15, -0.1) is 0 Å². The molecule has 2 aliphatic heterocycles. The van der Waals surface area contributed by atoms with Gasteiger partial charge in [-0.05, 0) is 26.3 Å². The molecule has 2 saturated heterocycles. The Morgan fingerprint density at radius 1 is 1.33 bits per heavy atom. The lowest BCUT2D eigenvalue weighted by Gasteiger charge is -2.25. The van der Waals surface area contributed by atoms with E-state index in [0.29, 0.717) is 12.1 Å². The Morgan fingerprint density at radius 2 is 2.07 bits per heavy atom. The smallest absolute Gasteiger partial charge is 0.248 e. The molecule has 2 unspecified atom stereocenters. The van der Waals surface area contributed by atoms with E-state index in [4.69, 9.17) is 4.74 Å². The standard InChI is InChI=1S/C11H20N2O2/c1-12-9-3-4-10(12)7-13(6-5-9)11(14)8-15-2/h9-10H,3-8H2,1-2H3. The summed E-state index contributed by atoms with van der Waals surface area (Å²) < 4.78 is 4.90. The number of likely N-dealkylation sites (tertiary alicyclic amines) is 1. The Bertz CT molecular complexity index is 245. The molecule has 4 heteroatoms. The van der Waals surface area contributed by atoms with Crippen LogP contribution in [0.25, 0.3) is 0 Å². The second-order valence-electron chi connectivity index (χ2n) is 4.61. The van der Waals surface area contributed by atoms with Crippen molar-refractivity contribution in [1.82, 2.24) is 9.80 Å². The van der Waals surface area contributed by atoms with Crippen molar-refractivity contribution in [2.24, 2.45) is 0 Å². The zero-order valence-corrected chi connectivity index (χ0v) is 9.61. The summed E-state index contributed by atoms with van der Waals surface area (Å²) in [5.41, 5.74) is 0. The van der Waals surface area contributed by atoms with E-state index in [0.717, 1.165) is 19.5 Å². The van der Waals surface area contributed by atoms with E-state index in [2.05, 4.69) is 11.9 Å². The number of rotatable bonds is 2. The number of methoxy groups -OCH3 is 1. The Hall–Kier alpha value is -0.610. The molecule has 15 heavy (non-hydrogen) atoms. The second kappa shape index (κ2) is 4.49. The van der Waals surface area contributed by atoms with Gasteiger partial charge in [0.15, 0.2) is 0 Å². The van der Waals surface area contributed by atoms with Crippen molar-refractivity contribution in [2.75, 3.05) is 33.9 Å². The minimum atomic E-state index is 0.137. The van der Waals surface area contributed by atoms with Crippen molar-refractivity contribution in [3.05, 3.63) is 0 Å². The van der Waals surface area contributed by atoms with Crippen molar-refractivity contribution >= 4 is 5.91 Å². The first-order chi connectivity index (χ1) is 7.22. The van der Waals surface area contributed by atoms with Gasteiger partial charge in [-0.3, -0.25) is 9.69 Å². The number of carbonyl (C=O) groups excluding carboxylic acids is 1. The Balaban J connectivity index is 1.97. The zero-order chi connectivity index (χ0) is 10.8. The Labute approximate surface area is 91.2 Å². The number of likely N-dealkylation sites (N-methyl/N-ethyl adjacent to an activating group) is 1. The largest absolute Gasteiger partial charge is 0.375 e. The van der Waals surface area contributed by atoms with Crippen LogP contribution in [0.2, 0.25) is 0 Å². The van der Waals surface area contributed by atoms with Gasteiger partial charge in [0, 0.05) is 32.3 Å². The normalized spacial score (nSPS) is 31.7. The maximum Gasteiger partial charge on any atom is 0.248 e. The van der Waals surface area contributed by atoms with Gasteiger partial charge < -0.3 is 9.64 Å². The lowest BCUT2D eigenvalue weighted by atomic mass is 10.1. The van der Waals surface area contributed by atoms with Crippen molar-refractivity contribution in [3.63, 3.8) is 0 Å². The van der Waals surface area contributed by atoms with Crippen LogP contribution in [-0.2, 0) is 9.53 Å². The van der Waals surface area contributed by atoms with Gasteiger partial charge in [0.25, 0.3) is 0 Å². The first-order valence-electron chi connectivity index (χ1n) is 5.71. The van der Waals surface area contributed by atoms with Crippen molar-refractivity contribution in [1.29, 1.82) is 0 Å².